The van der Waals surface area contributed by atoms with Gasteiger partial charge in [0.15, 0.2) is 6.29 Å². The second-order valence-corrected chi connectivity index (χ2v) is 7.36. The minimum atomic E-state index is -5.93. The smallest absolute Gasteiger partial charge is 0.370 e. The van der Waals surface area contributed by atoms with Gasteiger partial charge >= 0.3 is 15.6 Å². The maximum atomic E-state index is 12.7. The summed E-state index contributed by atoms with van der Waals surface area (Å²) in [6.07, 6.45) is -5.22. The van der Waals surface area contributed by atoms with Crippen LogP contribution in [0.2, 0.25) is 0 Å². The summed E-state index contributed by atoms with van der Waals surface area (Å²) in [5.74, 6) is 0. The van der Waals surface area contributed by atoms with Crippen molar-refractivity contribution < 1.29 is 40.0 Å². The molecule has 2 heterocycles. The maximum Gasteiger partial charge on any atom is 0.523 e. The Morgan fingerprint density at radius 1 is 1.26 bits per heavy atom. The van der Waals surface area contributed by atoms with Crippen LogP contribution in [0.4, 0.5) is 13.2 Å². The van der Waals surface area contributed by atoms with Gasteiger partial charge in [-0.05, 0) is 11.1 Å². The fourth-order valence-electron chi connectivity index (χ4n) is 2.81. The topological polar surface area (TPSA) is 120 Å². The van der Waals surface area contributed by atoms with Gasteiger partial charge in [0.1, 0.15) is 24.4 Å². The molecule has 0 spiro atoms. The zero-order chi connectivity index (χ0) is 19.7. The van der Waals surface area contributed by atoms with Gasteiger partial charge < -0.3 is 14.2 Å². The molecular weight excluding hydrogens is 395 g/mol. The number of hydrogen-bond acceptors (Lipinski definition) is 7. The van der Waals surface area contributed by atoms with Crippen molar-refractivity contribution in [1.82, 2.24) is 0 Å². The Morgan fingerprint density at radius 3 is 2.59 bits per heavy atom. The maximum absolute atomic E-state index is 12.7. The average Bonchev–Trinajstić information content (AvgIpc) is 3.04. The van der Waals surface area contributed by atoms with Gasteiger partial charge in [0.25, 0.3) is 0 Å². The van der Waals surface area contributed by atoms with Gasteiger partial charge in [-0.1, -0.05) is 35.4 Å². The summed E-state index contributed by atoms with van der Waals surface area (Å²) >= 11 is 0. The highest BCUT2D eigenvalue weighted by Crippen LogP contribution is 2.37. The lowest BCUT2D eigenvalue weighted by Crippen LogP contribution is -2.56. The predicted molar refractivity (Wildman–Crippen MR) is 82.4 cm³/mol. The van der Waals surface area contributed by atoms with Gasteiger partial charge in [0.2, 0.25) is 0 Å². The molecule has 2 fully saturated rings. The average molecular weight is 409 g/mol. The van der Waals surface area contributed by atoms with Crippen LogP contribution in [0.15, 0.2) is 35.4 Å². The summed E-state index contributed by atoms with van der Waals surface area (Å²) in [6.45, 7) is -0.306. The molecule has 2 bridgehead atoms. The normalized spacial score (nSPS) is 30.7. The van der Waals surface area contributed by atoms with Gasteiger partial charge in [-0.15, -0.1) is 0 Å². The number of ether oxygens (including phenoxy) is 3. The number of hydrogen-bond donors (Lipinski definition) is 0. The highest BCUT2D eigenvalue weighted by Gasteiger charge is 2.57. The molecular formula is C14H14F3N3O6S. The van der Waals surface area contributed by atoms with Crippen LogP contribution in [0.3, 0.4) is 0 Å². The van der Waals surface area contributed by atoms with Crippen molar-refractivity contribution in [2.75, 3.05) is 6.61 Å². The van der Waals surface area contributed by atoms with E-state index in [1.807, 2.05) is 0 Å². The Labute approximate surface area is 151 Å². The van der Waals surface area contributed by atoms with Crippen molar-refractivity contribution in [3.8, 4) is 0 Å². The third-order valence-corrected chi connectivity index (χ3v) is 5.07. The quantitative estimate of drug-likeness (QED) is 0.234. The molecule has 3 rings (SSSR count). The number of azide groups is 1. The number of rotatable bonds is 6. The van der Waals surface area contributed by atoms with Gasteiger partial charge in [0, 0.05) is 4.91 Å². The van der Waals surface area contributed by atoms with Crippen LogP contribution >= 0.6 is 0 Å². The molecule has 2 aliphatic heterocycles. The Kier molecular flexibility index (Phi) is 5.60. The third kappa shape index (κ3) is 4.18. The standard InChI is InChI=1S/C14H14F3N3O6S/c15-14(16,17)27(21,22)26-11-9-7-24-13(25-9)10(19-20-18)12(11)23-6-8-4-2-1-3-5-8/h1-5,9-13H,6-7H2/t9-,10-,11+,12-,13-/m1/s1. The van der Waals surface area contributed by atoms with E-state index in [1.54, 1.807) is 30.3 Å². The van der Waals surface area contributed by atoms with E-state index >= 15 is 0 Å². The molecule has 2 aliphatic rings. The summed E-state index contributed by atoms with van der Waals surface area (Å²) in [4.78, 5) is 2.62. The second-order valence-electron chi connectivity index (χ2n) is 5.79. The number of halogens is 3. The molecule has 2 saturated heterocycles. The van der Waals surface area contributed by atoms with Crippen LogP contribution in [0.25, 0.3) is 10.4 Å². The molecule has 0 aromatic heterocycles. The van der Waals surface area contributed by atoms with Crippen LogP contribution in [0, 0.1) is 0 Å². The summed E-state index contributed by atoms with van der Waals surface area (Å²) in [5, 5.41) is 3.45. The predicted octanol–water partition coefficient (Wildman–Crippen LogP) is 2.24. The number of alkyl halides is 3. The molecule has 0 radical (unpaired) electrons. The van der Waals surface area contributed by atoms with Crippen molar-refractivity contribution in [3.63, 3.8) is 0 Å². The molecule has 1 aromatic rings. The van der Waals surface area contributed by atoms with Crippen molar-refractivity contribution in [3.05, 3.63) is 46.3 Å². The van der Waals surface area contributed by atoms with Crippen LogP contribution in [0.1, 0.15) is 5.56 Å². The summed E-state index contributed by atoms with van der Waals surface area (Å²) in [5.41, 5.74) is 3.80. The monoisotopic (exact) mass is 409 g/mol. The fourth-order valence-corrected chi connectivity index (χ4v) is 3.45. The molecule has 0 unspecified atom stereocenters. The Bertz CT molecular complexity index is 815. The van der Waals surface area contributed by atoms with E-state index in [0.29, 0.717) is 5.56 Å². The van der Waals surface area contributed by atoms with Crippen molar-refractivity contribution in [2.24, 2.45) is 5.11 Å². The van der Waals surface area contributed by atoms with E-state index in [-0.39, 0.29) is 13.2 Å². The Balaban J connectivity index is 1.88. The van der Waals surface area contributed by atoms with Crippen LogP contribution < -0.4 is 0 Å². The van der Waals surface area contributed by atoms with Gasteiger partial charge in [0.05, 0.1) is 13.2 Å². The van der Waals surface area contributed by atoms with Gasteiger partial charge in [-0.2, -0.15) is 21.6 Å². The molecule has 0 N–H and O–H groups in total. The zero-order valence-corrected chi connectivity index (χ0v) is 14.3. The summed E-state index contributed by atoms with van der Waals surface area (Å²) in [6, 6.07) is 7.39. The Morgan fingerprint density at radius 2 is 1.96 bits per heavy atom. The highest BCUT2D eigenvalue weighted by atomic mass is 32.2. The van der Waals surface area contributed by atoms with Gasteiger partial charge in [-0.25, -0.2) is 0 Å². The lowest BCUT2D eigenvalue weighted by molar-refractivity contribution is -0.190. The first-order chi connectivity index (χ1) is 12.7. The lowest BCUT2D eigenvalue weighted by Gasteiger charge is -2.38. The molecule has 0 saturated carbocycles. The number of fused-ring (bicyclic) bond motifs is 2. The number of nitrogens with zero attached hydrogens (tertiary/aromatic N) is 3. The SMILES string of the molecule is [N-]=[N+]=N[C@H]1[C@@H]2OC[C@@H](O2)[C@H](OS(=O)(=O)C(F)(F)F)[C@@H]1OCc1ccccc1. The Hall–Kier alpha value is -1.89. The van der Waals surface area contributed by atoms with Crippen LogP contribution in [0.5, 0.6) is 0 Å². The minimum Gasteiger partial charge on any atom is -0.370 e. The molecule has 0 amide bonds. The summed E-state index contributed by atoms with van der Waals surface area (Å²) in [7, 11) is -5.93. The second kappa shape index (κ2) is 7.62. The largest absolute Gasteiger partial charge is 0.523 e. The first-order valence-electron chi connectivity index (χ1n) is 7.69. The first kappa shape index (κ1) is 19.9. The zero-order valence-electron chi connectivity index (χ0n) is 13.5. The molecule has 148 valence electrons. The van der Waals surface area contributed by atoms with Crippen molar-refractivity contribution >= 4 is 10.1 Å². The molecule has 9 nitrogen and oxygen atoms in total. The summed E-state index contributed by atoms with van der Waals surface area (Å²) < 4.78 is 81.7. The van der Waals surface area contributed by atoms with Crippen LogP contribution in [-0.4, -0.2) is 51.2 Å². The highest BCUT2D eigenvalue weighted by molar-refractivity contribution is 7.87. The molecule has 5 atom stereocenters. The van der Waals surface area contributed by atoms with E-state index in [2.05, 4.69) is 14.2 Å². The molecule has 27 heavy (non-hydrogen) atoms. The molecule has 0 aliphatic carbocycles. The first-order valence-corrected chi connectivity index (χ1v) is 9.10. The van der Waals surface area contributed by atoms with E-state index in [1.165, 1.54) is 0 Å². The molecule has 13 heteroatoms. The number of benzene rings is 1. The van der Waals surface area contributed by atoms with Gasteiger partial charge in [-0.3, -0.25) is 4.18 Å². The lowest BCUT2D eigenvalue weighted by atomic mass is 9.99. The third-order valence-electron chi connectivity index (χ3n) is 4.03. The van der Waals surface area contributed by atoms with E-state index < -0.39 is 46.3 Å². The minimum absolute atomic E-state index is 0.0751. The van der Waals surface area contributed by atoms with E-state index in [0.717, 1.165) is 0 Å². The van der Waals surface area contributed by atoms with Crippen LogP contribution in [-0.2, 0) is 35.1 Å². The van der Waals surface area contributed by atoms with Crippen molar-refractivity contribution in [1.29, 1.82) is 0 Å². The molecule has 1 aromatic carbocycles. The van der Waals surface area contributed by atoms with Crippen molar-refractivity contribution in [2.45, 2.75) is 42.8 Å². The van der Waals surface area contributed by atoms with E-state index in [9.17, 15) is 21.6 Å². The van der Waals surface area contributed by atoms with E-state index in [4.69, 9.17) is 19.7 Å². The fraction of sp³-hybridized carbons (Fsp3) is 0.571.